The van der Waals surface area contributed by atoms with E-state index in [1.807, 2.05) is 25.7 Å². The summed E-state index contributed by atoms with van der Waals surface area (Å²) in [7, 11) is 1.31. The second-order valence-corrected chi connectivity index (χ2v) is 6.92. The van der Waals surface area contributed by atoms with Crippen LogP contribution in [0.15, 0.2) is 0 Å². The topological polar surface area (TPSA) is 58.6 Å². The van der Waals surface area contributed by atoms with Gasteiger partial charge in [-0.05, 0) is 24.2 Å². The van der Waals surface area contributed by atoms with Gasteiger partial charge in [-0.2, -0.15) is 0 Å². The van der Waals surface area contributed by atoms with Crippen LogP contribution < -0.4 is 5.32 Å². The van der Waals surface area contributed by atoms with E-state index in [9.17, 15) is 9.59 Å². The molecule has 20 heavy (non-hydrogen) atoms. The van der Waals surface area contributed by atoms with Gasteiger partial charge in [-0.1, -0.05) is 34.6 Å². The van der Waals surface area contributed by atoms with Crippen molar-refractivity contribution in [2.45, 2.75) is 59.5 Å². The highest BCUT2D eigenvalue weighted by Gasteiger charge is 2.40. The van der Waals surface area contributed by atoms with Crippen molar-refractivity contribution in [2.24, 2.45) is 11.3 Å². The van der Waals surface area contributed by atoms with Gasteiger partial charge in [0.1, 0.15) is 6.04 Å². The number of hydrogen-bond acceptors (Lipinski definition) is 3. The van der Waals surface area contributed by atoms with Crippen molar-refractivity contribution in [3.8, 4) is 0 Å². The first-order chi connectivity index (χ1) is 9.18. The van der Waals surface area contributed by atoms with Crippen molar-refractivity contribution < 1.29 is 14.3 Å². The Balaban J connectivity index is 2.90. The number of methoxy groups -OCH3 is 1. The molecule has 1 rings (SSSR count). The predicted octanol–water partition coefficient (Wildman–Crippen LogP) is 2.40. The van der Waals surface area contributed by atoms with Gasteiger partial charge in [0.15, 0.2) is 0 Å². The zero-order valence-corrected chi connectivity index (χ0v) is 13.5. The molecule has 1 heterocycles. The second-order valence-electron chi connectivity index (χ2n) is 6.92. The van der Waals surface area contributed by atoms with Crippen LogP contribution in [0, 0.1) is 11.3 Å². The summed E-state index contributed by atoms with van der Waals surface area (Å²) in [6.07, 6.45) is 1.51. The molecule has 2 atom stereocenters. The summed E-state index contributed by atoms with van der Waals surface area (Å²) in [5.41, 5.74) is -0.352. The molecule has 0 aliphatic carbocycles. The van der Waals surface area contributed by atoms with E-state index < -0.39 is 12.1 Å². The summed E-state index contributed by atoms with van der Waals surface area (Å²) in [6.45, 7) is 10.9. The largest absolute Gasteiger partial charge is 0.453 e. The first-order valence-corrected chi connectivity index (χ1v) is 7.33. The van der Waals surface area contributed by atoms with Crippen molar-refractivity contribution in [2.75, 3.05) is 13.7 Å². The Morgan fingerprint density at radius 2 is 1.90 bits per heavy atom. The fraction of sp³-hybridized carbons (Fsp3) is 0.867. The lowest BCUT2D eigenvalue weighted by Crippen LogP contribution is -2.56. The minimum absolute atomic E-state index is 0.000833. The maximum Gasteiger partial charge on any atom is 0.407 e. The highest BCUT2D eigenvalue weighted by molar-refractivity contribution is 5.86. The number of alkyl carbamates (subject to hydrolysis) is 1. The molecule has 1 fully saturated rings. The molecule has 5 nitrogen and oxygen atoms in total. The molecule has 0 radical (unpaired) electrons. The Morgan fingerprint density at radius 3 is 2.35 bits per heavy atom. The molecule has 0 aromatic heterocycles. The Bertz CT molecular complexity index is 361. The Kier molecular flexibility index (Phi) is 5.42. The Hall–Kier alpha value is -1.26. The zero-order valence-electron chi connectivity index (χ0n) is 13.5. The van der Waals surface area contributed by atoms with Gasteiger partial charge >= 0.3 is 6.09 Å². The summed E-state index contributed by atoms with van der Waals surface area (Å²) >= 11 is 0. The van der Waals surface area contributed by atoms with E-state index in [1.54, 1.807) is 0 Å². The summed E-state index contributed by atoms with van der Waals surface area (Å²) in [5.74, 6) is 0.430. The van der Waals surface area contributed by atoms with Crippen LogP contribution in [0.4, 0.5) is 4.79 Å². The quantitative estimate of drug-likeness (QED) is 0.865. The van der Waals surface area contributed by atoms with Gasteiger partial charge in [-0.15, -0.1) is 0 Å². The molecular formula is C15H28N2O3. The van der Waals surface area contributed by atoms with Gasteiger partial charge in [0, 0.05) is 12.6 Å². The molecule has 0 saturated carbocycles. The maximum absolute atomic E-state index is 12.8. The van der Waals surface area contributed by atoms with Gasteiger partial charge in [0.05, 0.1) is 7.11 Å². The van der Waals surface area contributed by atoms with E-state index in [1.165, 1.54) is 7.11 Å². The minimum atomic E-state index is -0.561. The fourth-order valence-corrected chi connectivity index (χ4v) is 2.75. The van der Waals surface area contributed by atoms with Crippen LogP contribution >= 0.6 is 0 Å². The van der Waals surface area contributed by atoms with Crippen molar-refractivity contribution in [3.63, 3.8) is 0 Å². The van der Waals surface area contributed by atoms with E-state index in [4.69, 9.17) is 0 Å². The minimum Gasteiger partial charge on any atom is -0.453 e. The first kappa shape index (κ1) is 16.8. The standard InChI is InChI=1S/C15H28N2O3/c1-10(2)11-8-7-9-17(11)13(18)12(15(3,4)5)16-14(19)20-6/h10-12H,7-9H2,1-6H3,(H,16,19)/t11?,12-/m1/s1. The Morgan fingerprint density at radius 1 is 1.30 bits per heavy atom. The third-order valence-corrected chi connectivity index (χ3v) is 3.91. The van der Waals surface area contributed by atoms with Crippen molar-refractivity contribution in [1.29, 1.82) is 0 Å². The maximum atomic E-state index is 12.8. The van der Waals surface area contributed by atoms with Gasteiger partial charge < -0.3 is 15.0 Å². The lowest BCUT2D eigenvalue weighted by molar-refractivity contribution is -0.137. The molecule has 1 aliphatic heterocycles. The smallest absolute Gasteiger partial charge is 0.407 e. The molecule has 1 saturated heterocycles. The third kappa shape index (κ3) is 3.87. The number of carbonyl (C=O) groups excluding carboxylic acids is 2. The highest BCUT2D eigenvalue weighted by atomic mass is 16.5. The molecule has 5 heteroatoms. The van der Waals surface area contributed by atoms with E-state index >= 15 is 0 Å². The normalized spacial score (nSPS) is 20.9. The summed E-state index contributed by atoms with van der Waals surface area (Å²) in [4.78, 5) is 26.2. The summed E-state index contributed by atoms with van der Waals surface area (Å²) < 4.78 is 4.64. The first-order valence-electron chi connectivity index (χ1n) is 7.33. The molecule has 0 aromatic carbocycles. The van der Waals surface area contributed by atoms with Crippen LogP contribution in [-0.2, 0) is 9.53 Å². The molecule has 0 bridgehead atoms. The number of amides is 2. The van der Waals surface area contributed by atoms with E-state index in [0.717, 1.165) is 19.4 Å². The van der Waals surface area contributed by atoms with Crippen molar-refractivity contribution in [1.82, 2.24) is 10.2 Å². The number of rotatable bonds is 3. The van der Waals surface area contributed by atoms with Crippen molar-refractivity contribution >= 4 is 12.0 Å². The zero-order chi connectivity index (χ0) is 15.5. The number of hydrogen-bond donors (Lipinski definition) is 1. The number of likely N-dealkylation sites (tertiary alicyclic amines) is 1. The lowest BCUT2D eigenvalue weighted by atomic mass is 9.85. The molecular weight excluding hydrogens is 256 g/mol. The number of nitrogens with one attached hydrogen (secondary N) is 1. The number of nitrogens with zero attached hydrogens (tertiary/aromatic N) is 1. The van der Waals surface area contributed by atoms with Crippen LogP contribution in [0.2, 0.25) is 0 Å². The monoisotopic (exact) mass is 284 g/mol. The summed E-state index contributed by atoms with van der Waals surface area (Å²) in [6, 6.07) is -0.291. The van der Waals surface area contributed by atoms with E-state index in [0.29, 0.717) is 5.92 Å². The van der Waals surface area contributed by atoms with Gasteiger partial charge in [-0.3, -0.25) is 4.79 Å². The van der Waals surface area contributed by atoms with E-state index in [-0.39, 0.29) is 17.4 Å². The third-order valence-electron chi connectivity index (χ3n) is 3.91. The van der Waals surface area contributed by atoms with Crippen molar-refractivity contribution in [3.05, 3.63) is 0 Å². The average molecular weight is 284 g/mol. The highest BCUT2D eigenvalue weighted by Crippen LogP contribution is 2.28. The fourth-order valence-electron chi connectivity index (χ4n) is 2.75. The molecule has 1 aliphatic rings. The van der Waals surface area contributed by atoms with Crippen LogP contribution in [0.3, 0.4) is 0 Å². The number of ether oxygens (including phenoxy) is 1. The van der Waals surface area contributed by atoms with Crippen LogP contribution in [0.1, 0.15) is 47.5 Å². The predicted molar refractivity (Wildman–Crippen MR) is 78.4 cm³/mol. The summed E-state index contributed by atoms with van der Waals surface area (Å²) in [5, 5.41) is 2.69. The lowest BCUT2D eigenvalue weighted by Gasteiger charge is -2.36. The second kappa shape index (κ2) is 6.46. The Labute approximate surface area is 122 Å². The van der Waals surface area contributed by atoms with Gasteiger partial charge in [0.25, 0.3) is 0 Å². The molecule has 0 spiro atoms. The van der Waals surface area contributed by atoms with Crippen LogP contribution in [0.25, 0.3) is 0 Å². The van der Waals surface area contributed by atoms with Crippen LogP contribution in [0.5, 0.6) is 0 Å². The van der Waals surface area contributed by atoms with E-state index in [2.05, 4.69) is 23.9 Å². The molecule has 1 unspecified atom stereocenters. The number of carbonyl (C=O) groups is 2. The van der Waals surface area contributed by atoms with Crippen LogP contribution in [-0.4, -0.2) is 42.6 Å². The molecule has 2 amide bonds. The molecule has 116 valence electrons. The SMILES string of the molecule is COC(=O)N[C@H](C(=O)N1CCCC1C(C)C)C(C)(C)C. The average Bonchev–Trinajstić information content (AvgIpc) is 2.82. The molecule has 1 N–H and O–H groups in total. The van der Waals surface area contributed by atoms with Gasteiger partial charge in [-0.25, -0.2) is 4.79 Å². The van der Waals surface area contributed by atoms with Gasteiger partial charge in [0.2, 0.25) is 5.91 Å². The molecule has 0 aromatic rings.